The quantitative estimate of drug-likeness (QED) is 0.745. The van der Waals surface area contributed by atoms with E-state index in [0.717, 1.165) is 13.1 Å². The maximum atomic E-state index is 9.28. The van der Waals surface area contributed by atoms with Crippen molar-refractivity contribution in [1.29, 1.82) is 0 Å². The van der Waals surface area contributed by atoms with Crippen LogP contribution in [0.3, 0.4) is 0 Å². The summed E-state index contributed by atoms with van der Waals surface area (Å²) in [6.07, 6.45) is 3.98. The summed E-state index contributed by atoms with van der Waals surface area (Å²) in [5, 5.41) is 9.28. The maximum Gasteiger partial charge on any atom is 0.0494 e. The van der Waals surface area contributed by atoms with Crippen molar-refractivity contribution in [3.05, 3.63) is 0 Å². The van der Waals surface area contributed by atoms with Crippen molar-refractivity contribution >= 4 is 0 Å². The third-order valence-corrected chi connectivity index (χ3v) is 3.92. The zero-order valence-corrected chi connectivity index (χ0v) is 11.6. The summed E-state index contributed by atoms with van der Waals surface area (Å²) in [5.74, 6) is 0. The van der Waals surface area contributed by atoms with Crippen LogP contribution >= 0.6 is 0 Å². The van der Waals surface area contributed by atoms with Crippen LogP contribution in [0, 0.1) is 5.41 Å². The van der Waals surface area contributed by atoms with Gasteiger partial charge in [0.15, 0.2) is 0 Å². The third-order valence-electron chi connectivity index (χ3n) is 3.92. The summed E-state index contributed by atoms with van der Waals surface area (Å²) >= 11 is 0. The molecule has 3 nitrogen and oxygen atoms in total. The number of hydrogen-bond acceptors (Lipinski definition) is 3. The second-order valence-corrected chi connectivity index (χ2v) is 6.47. The lowest BCUT2D eigenvalue weighted by atomic mass is 9.75. The van der Waals surface area contributed by atoms with Gasteiger partial charge in [-0.3, -0.25) is 0 Å². The third kappa shape index (κ3) is 3.19. The molecule has 0 bridgehead atoms. The lowest BCUT2D eigenvalue weighted by Crippen LogP contribution is -2.57. The smallest absolute Gasteiger partial charge is 0.0494 e. The summed E-state index contributed by atoms with van der Waals surface area (Å²) < 4.78 is 0. The molecule has 0 saturated heterocycles. The van der Waals surface area contributed by atoms with Crippen molar-refractivity contribution in [2.24, 2.45) is 5.41 Å². The second-order valence-electron chi connectivity index (χ2n) is 6.47. The minimum absolute atomic E-state index is 0.00595. The van der Waals surface area contributed by atoms with E-state index in [2.05, 4.69) is 44.8 Å². The highest BCUT2D eigenvalue weighted by molar-refractivity contribution is 4.98. The molecular formula is C13H28N2O. The molecule has 1 fully saturated rings. The first kappa shape index (κ1) is 13.9. The minimum Gasteiger partial charge on any atom is -0.396 e. The van der Waals surface area contributed by atoms with Gasteiger partial charge in [-0.15, -0.1) is 0 Å². The fourth-order valence-corrected chi connectivity index (χ4v) is 2.67. The van der Waals surface area contributed by atoms with Crippen molar-refractivity contribution in [1.82, 2.24) is 9.80 Å². The lowest BCUT2D eigenvalue weighted by molar-refractivity contribution is 0.0124. The van der Waals surface area contributed by atoms with Crippen LogP contribution in [0.5, 0.6) is 0 Å². The molecule has 1 aliphatic rings. The Labute approximate surface area is 100 Å². The van der Waals surface area contributed by atoms with Gasteiger partial charge in [-0.2, -0.15) is 0 Å². The van der Waals surface area contributed by atoms with Crippen molar-refractivity contribution in [3.63, 3.8) is 0 Å². The average molecular weight is 228 g/mol. The van der Waals surface area contributed by atoms with Gasteiger partial charge < -0.3 is 14.9 Å². The highest BCUT2D eigenvalue weighted by atomic mass is 16.3. The number of aliphatic hydroxyl groups excluding tert-OH is 1. The Hall–Kier alpha value is -0.120. The molecule has 0 spiro atoms. The van der Waals surface area contributed by atoms with Gasteiger partial charge >= 0.3 is 0 Å². The van der Waals surface area contributed by atoms with E-state index >= 15 is 0 Å². The number of likely N-dealkylation sites (N-methyl/N-ethyl adjacent to an activating group) is 2. The SMILES string of the molecule is CN(CC(C)(C)CO)CC1(N(C)C)CCC1. The topological polar surface area (TPSA) is 26.7 Å². The Morgan fingerprint density at radius 3 is 2.06 bits per heavy atom. The van der Waals surface area contributed by atoms with Crippen LogP contribution in [0.4, 0.5) is 0 Å². The Balaban J connectivity index is 2.47. The fraction of sp³-hybridized carbons (Fsp3) is 1.00. The molecule has 1 N–H and O–H groups in total. The van der Waals surface area contributed by atoms with Gasteiger partial charge in [0.1, 0.15) is 0 Å². The van der Waals surface area contributed by atoms with E-state index in [0.29, 0.717) is 5.54 Å². The van der Waals surface area contributed by atoms with Gasteiger partial charge in [0.25, 0.3) is 0 Å². The number of aliphatic hydroxyl groups is 1. The molecule has 0 aromatic heterocycles. The van der Waals surface area contributed by atoms with Crippen molar-refractivity contribution < 1.29 is 5.11 Å². The first-order valence-electron chi connectivity index (χ1n) is 6.28. The van der Waals surface area contributed by atoms with E-state index in [4.69, 9.17) is 0 Å². The van der Waals surface area contributed by atoms with Crippen LogP contribution in [0.25, 0.3) is 0 Å². The van der Waals surface area contributed by atoms with Crippen LogP contribution in [-0.4, -0.2) is 61.3 Å². The van der Waals surface area contributed by atoms with E-state index in [-0.39, 0.29) is 12.0 Å². The van der Waals surface area contributed by atoms with Gasteiger partial charge in [0, 0.05) is 30.7 Å². The molecule has 3 heteroatoms. The van der Waals surface area contributed by atoms with Crippen LogP contribution in [-0.2, 0) is 0 Å². The standard InChI is InChI=1S/C13H28N2O/c1-12(2,11-16)9-15(5)10-13(14(3)4)7-6-8-13/h16H,6-11H2,1-5H3. The van der Waals surface area contributed by atoms with Gasteiger partial charge in [-0.05, 0) is 40.4 Å². The molecule has 0 aromatic carbocycles. The van der Waals surface area contributed by atoms with Crippen LogP contribution in [0.15, 0.2) is 0 Å². The molecule has 16 heavy (non-hydrogen) atoms. The summed E-state index contributed by atoms with van der Waals surface area (Å²) in [5.41, 5.74) is 0.395. The molecule has 1 saturated carbocycles. The van der Waals surface area contributed by atoms with Gasteiger partial charge in [0.05, 0.1) is 0 Å². The average Bonchev–Trinajstić information content (AvgIpc) is 2.10. The number of nitrogens with zero attached hydrogens (tertiary/aromatic N) is 2. The summed E-state index contributed by atoms with van der Waals surface area (Å²) in [7, 11) is 6.54. The molecule has 0 radical (unpaired) electrons. The molecule has 0 atom stereocenters. The zero-order chi connectivity index (χ0) is 12.4. The lowest BCUT2D eigenvalue weighted by Gasteiger charge is -2.50. The second kappa shape index (κ2) is 5.03. The van der Waals surface area contributed by atoms with Crippen molar-refractivity contribution in [2.45, 2.75) is 38.6 Å². The molecule has 0 aromatic rings. The van der Waals surface area contributed by atoms with E-state index in [1.165, 1.54) is 19.3 Å². The molecule has 1 aliphatic carbocycles. The summed E-state index contributed by atoms with van der Waals surface area (Å²) in [6.45, 7) is 6.56. The molecule has 96 valence electrons. The van der Waals surface area contributed by atoms with E-state index in [1.807, 2.05) is 0 Å². The van der Waals surface area contributed by atoms with E-state index in [1.54, 1.807) is 0 Å². The van der Waals surface area contributed by atoms with Crippen molar-refractivity contribution in [2.75, 3.05) is 40.8 Å². The first-order valence-corrected chi connectivity index (χ1v) is 6.28. The number of hydrogen-bond donors (Lipinski definition) is 1. The highest BCUT2D eigenvalue weighted by Gasteiger charge is 2.40. The predicted octanol–water partition coefficient (Wildman–Crippen LogP) is 1.42. The monoisotopic (exact) mass is 228 g/mol. The van der Waals surface area contributed by atoms with Gasteiger partial charge in [-0.1, -0.05) is 13.8 Å². The van der Waals surface area contributed by atoms with Crippen LogP contribution < -0.4 is 0 Å². The van der Waals surface area contributed by atoms with Crippen LogP contribution in [0.2, 0.25) is 0 Å². The first-order chi connectivity index (χ1) is 7.31. The Bertz CT molecular complexity index is 222. The molecule has 0 heterocycles. The number of rotatable bonds is 6. The molecule has 0 amide bonds. The molecule has 0 aliphatic heterocycles. The molecular weight excluding hydrogens is 200 g/mol. The van der Waals surface area contributed by atoms with Crippen molar-refractivity contribution in [3.8, 4) is 0 Å². The summed E-state index contributed by atoms with van der Waals surface area (Å²) in [6, 6.07) is 0. The minimum atomic E-state index is 0.00595. The Kier molecular flexibility index (Phi) is 4.38. The molecule has 1 rings (SSSR count). The van der Waals surface area contributed by atoms with Crippen LogP contribution in [0.1, 0.15) is 33.1 Å². The van der Waals surface area contributed by atoms with Gasteiger partial charge in [0.2, 0.25) is 0 Å². The van der Waals surface area contributed by atoms with E-state index in [9.17, 15) is 5.11 Å². The fourth-order valence-electron chi connectivity index (χ4n) is 2.67. The largest absolute Gasteiger partial charge is 0.396 e. The molecule has 0 unspecified atom stereocenters. The Morgan fingerprint density at radius 2 is 1.75 bits per heavy atom. The summed E-state index contributed by atoms with van der Waals surface area (Å²) in [4.78, 5) is 4.74. The van der Waals surface area contributed by atoms with Gasteiger partial charge in [-0.25, -0.2) is 0 Å². The maximum absolute atomic E-state index is 9.28. The Morgan fingerprint density at radius 1 is 1.19 bits per heavy atom. The normalized spacial score (nSPS) is 20.2. The van der Waals surface area contributed by atoms with E-state index < -0.39 is 0 Å². The predicted molar refractivity (Wildman–Crippen MR) is 68.6 cm³/mol. The highest BCUT2D eigenvalue weighted by Crippen LogP contribution is 2.37. The zero-order valence-electron chi connectivity index (χ0n) is 11.6.